The molecule has 2 aliphatic rings. The normalized spacial score (nSPS) is 36.4. The molecular weight excluding hydrogens is 180 g/mol. The molecular formula is C10H20N2O2. The van der Waals surface area contributed by atoms with Crippen molar-refractivity contribution >= 4 is 0 Å². The van der Waals surface area contributed by atoms with Crippen LogP contribution in [0.2, 0.25) is 0 Å². The molecule has 0 spiro atoms. The van der Waals surface area contributed by atoms with Crippen molar-refractivity contribution in [3.63, 3.8) is 0 Å². The summed E-state index contributed by atoms with van der Waals surface area (Å²) in [6.45, 7) is 3.84. The molecule has 1 unspecified atom stereocenters. The Morgan fingerprint density at radius 1 is 1.43 bits per heavy atom. The Bertz CT molecular complexity index is 195. The molecule has 1 atom stereocenters. The second-order valence-electron chi connectivity index (χ2n) is 4.49. The summed E-state index contributed by atoms with van der Waals surface area (Å²) in [6, 6.07) is 0.601. The lowest BCUT2D eigenvalue weighted by Gasteiger charge is -2.31. The molecule has 0 amide bonds. The molecule has 2 saturated heterocycles. The fourth-order valence-corrected chi connectivity index (χ4v) is 2.42. The predicted octanol–water partition coefficient (Wildman–Crippen LogP) is -0.439. The highest BCUT2D eigenvalue weighted by Crippen LogP contribution is 2.25. The molecule has 0 aromatic heterocycles. The van der Waals surface area contributed by atoms with Gasteiger partial charge in [0.25, 0.3) is 0 Å². The zero-order chi connectivity index (χ0) is 10.0. The van der Waals surface area contributed by atoms with E-state index >= 15 is 0 Å². The molecule has 0 radical (unpaired) electrons. The maximum Gasteiger partial charge on any atom is 0.0907 e. The first-order chi connectivity index (χ1) is 6.73. The lowest BCUT2D eigenvalue weighted by Crippen LogP contribution is -2.44. The standard InChI is InChI=1S/C10H20N2O2/c11-7-10(13)3-4-12(8-10)9-1-5-14-6-2-9/h9,13H,1-8,11H2. The van der Waals surface area contributed by atoms with Gasteiger partial charge in [-0.1, -0.05) is 0 Å². The van der Waals surface area contributed by atoms with Crippen molar-refractivity contribution < 1.29 is 9.84 Å². The largest absolute Gasteiger partial charge is 0.387 e. The van der Waals surface area contributed by atoms with Gasteiger partial charge in [-0.15, -0.1) is 0 Å². The molecule has 2 fully saturated rings. The topological polar surface area (TPSA) is 58.7 Å². The zero-order valence-electron chi connectivity index (χ0n) is 8.61. The van der Waals surface area contributed by atoms with Crippen molar-refractivity contribution in [3.05, 3.63) is 0 Å². The molecule has 14 heavy (non-hydrogen) atoms. The number of hydrogen-bond acceptors (Lipinski definition) is 4. The minimum Gasteiger partial charge on any atom is -0.387 e. The van der Waals surface area contributed by atoms with Crippen LogP contribution in [0.5, 0.6) is 0 Å². The Balaban J connectivity index is 1.88. The van der Waals surface area contributed by atoms with E-state index in [1.54, 1.807) is 0 Å². The summed E-state index contributed by atoms with van der Waals surface area (Å²) in [6.07, 6.45) is 3.02. The number of likely N-dealkylation sites (tertiary alicyclic amines) is 1. The van der Waals surface area contributed by atoms with Crippen LogP contribution in [-0.4, -0.2) is 54.5 Å². The van der Waals surface area contributed by atoms with E-state index in [4.69, 9.17) is 10.5 Å². The highest BCUT2D eigenvalue weighted by molar-refractivity contribution is 4.93. The molecule has 0 bridgehead atoms. The monoisotopic (exact) mass is 200 g/mol. The first kappa shape index (κ1) is 10.4. The average molecular weight is 200 g/mol. The quantitative estimate of drug-likeness (QED) is 0.634. The van der Waals surface area contributed by atoms with E-state index in [1.807, 2.05) is 0 Å². The lowest BCUT2D eigenvalue weighted by atomic mass is 10.0. The van der Waals surface area contributed by atoms with E-state index in [0.717, 1.165) is 45.6 Å². The van der Waals surface area contributed by atoms with Crippen LogP contribution in [-0.2, 0) is 4.74 Å². The van der Waals surface area contributed by atoms with Crippen molar-refractivity contribution in [2.45, 2.75) is 30.9 Å². The van der Waals surface area contributed by atoms with Gasteiger partial charge in [0.15, 0.2) is 0 Å². The smallest absolute Gasteiger partial charge is 0.0907 e. The minimum atomic E-state index is -0.627. The Morgan fingerprint density at radius 3 is 2.71 bits per heavy atom. The summed E-state index contributed by atoms with van der Waals surface area (Å²) in [5.41, 5.74) is 4.93. The van der Waals surface area contributed by atoms with Crippen molar-refractivity contribution in [2.75, 3.05) is 32.8 Å². The van der Waals surface area contributed by atoms with Gasteiger partial charge in [0.2, 0.25) is 0 Å². The van der Waals surface area contributed by atoms with Crippen LogP contribution in [0.4, 0.5) is 0 Å². The van der Waals surface area contributed by atoms with Gasteiger partial charge in [-0.2, -0.15) is 0 Å². The van der Waals surface area contributed by atoms with Crippen LogP contribution in [0.15, 0.2) is 0 Å². The summed E-state index contributed by atoms with van der Waals surface area (Å²) < 4.78 is 5.32. The van der Waals surface area contributed by atoms with Crippen LogP contribution in [0.1, 0.15) is 19.3 Å². The molecule has 82 valence electrons. The Morgan fingerprint density at radius 2 is 2.14 bits per heavy atom. The average Bonchev–Trinajstić information content (AvgIpc) is 2.63. The number of nitrogens with zero attached hydrogens (tertiary/aromatic N) is 1. The van der Waals surface area contributed by atoms with Crippen LogP contribution in [0, 0.1) is 0 Å². The van der Waals surface area contributed by atoms with E-state index in [1.165, 1.54) is 0 Å². The Hall–Kier alpha value is -0.160. The Labute approximate surface area is 85.0 Å². The summed E-state index contributed by atoms with van der Waals surface area (Å²) in [7, 11) is 0. The molecule has 3 N–H and O–H groups in total. The van der Waals surface area contributed by atoms with E-state index in [2.05, 4.69) is 4.90 Å². The fourth-order valence-electron chi connectivity index (χ4n) is 2.42. The summed E-state index contributed by atoms with van der Waals surface area (Å²) in [5.74, 6) is 0. The minimum absolute atomic E-state index is 0.382. The summed E-state index contributed by atoms with van der Waals surface area (Å²) in [5, 5.41) is 10.0. The maximum atomic E-state index is 10.0. The first-order valence-electron chi connectivity index (χ1n) is 5.48. The van der Waals surface area contributed by atoms with Crippen molar-refractivity contribution in [3.8, 4) is 0 Å². The van der Waals surface area contributed by atoms with Crippen LogP contribution in [0.25, 0.3) is 0 Å². The highest BCUT2D eigenvalue weighted by Gasteiger charge is 2.37. The molecule has 0 aromatic carbocycles. The van der Waals surface area contributed by atoms with Crippen LogP contribution < -0.4 is 5.73 Å². The van der Waals surface area contributed by atoms with Crippen molar-refractivity contribution in [2.24, 2.45) is 5.73 Å². The van der Waals surface area contributed by atoms with Crippen LogP contribution >= 0.6 is 0 Å². The van der Waals surface area contributed by atoms with Gasteiger partial charge in [-0.25, -0.2) is 0 Å². The SMILES string of the molecule is NCC1(O)CCN(C2CCOCC2)C1. The molecule has 0 saturated carbocycles. The Kier molecular flexibility index (Phi) is 3.07. The van der Waals surface area contributed by atoms with Gasteiger partial charge >= 0.3 is 0 Å². The number of rotatable bonds is 2. The first-order valence-corrected chi connectivity index (χ1v) is 5.48. The van der Waals surface area contributed by atoms with Gasteiger partial charge in [0.05, 0.1) is 5.60 Å². The molecule has 4 heteroatoms. The molecule has 2 aliphatic heterocycles. The number of hydrogen-bond donors (Lipinski definition) is 2. The second kappa shape index (κ2) is 4.14. The maximum absolute atomic E-state index is 10.0. The predicted molar refractivity (Wildman–Crippen MR) is 54.0 cm³/mol. The number of ether oxygens (including phenoxy) is 1. The lowest BCUT2D eigenvalue weighted by molar-refractivity contribution is 0.0196. The van der Waals surface area contributed by atoms with Gasteiger partial charge in [0, 0.05) is 38.9 Å². The third kappa shape index (κ3) is 2.08. The molecule has 0 aromatic rings. The number of β-amino-alcohol motifs (C(OH)–C–C–N with tert-alkyl or cyclic N) is 1. The van der Waals surface area contributed by atoms with Crippen LogP contribution in [0.3, 0.4) is 0 Å². The molecule has 0 aliphatic carbocycles. The van der Waals surface area contributed by atoms with Gasteiger partial charge < -0.3 is 15.6 Å². The van der Waals surface area contributed by atoms with Gasteiger partial charge in [0.1, 0.15) is 0 Å². The van der Waals surface area contributed by atoms with E-state index in [9.17, 15) is 5.11 Å². The summed E-state index contributed by atoms with van der Waals surface area (Å²) >= 11 is 0. The summed E-state index contributed by atoms with van der Waals surface area (Å²) in [4.78, 5) is 2.37. The molecule has 2 heterocycles. The number of nitrogens with two attached hydrogens (primary N) is 1. The third-order valence-corrected chi connectivity index (χ3v) is 3.45. The van der Waals surface area contributed by atoms with Gasteiger partial charge in [-0.05, 0) is 19.3 Å². The fraction of sp³-hybridized carbons (Fsp3) is 1.00. The van der Waals surface area contributed by atoms with E-state index in [0.29, 0.717) is 12.6 Å². The molecule has 4 nitrogen and oxygen atoms in total. The zero-order valence-corrected chi connectivity index (χ0v) is 8.61. The van der Waals surface area contributed by atoms with E-state index in [-0.39, 0.29) is 0 Å². The number of aliphatic hydroxyl groups is 1. The van der Waals surface area contributed by atoms with Crippen molar-refractivity contribution in [1.29, 1.82) is 0 Å². The van der Waals surface area contributed by atoms with Gasteiger partial charge in [-0.3, -0.25) is 4.90 Å². The molecule has 2 rings (SSSR count). The third-order valence-electron chi connectivity index (χ3n) is 3.45. The van der Waals surface area contributed by atoms with Crippen molar-refractivity contribution in [1.82, 2.24) is 4.90 Å². The highest BCUT2D eigenvalue weighted by atomic mass is 16.5. The second-order valence-corrected chi connectivity index (χ2v) is 4.49. The van der Waals surface area contributed by atoms with E-state index < -0.39 is 5.60 Å².